The highest BCUT2D eigenvalue weighted by atomic mass is 79.9. The van der Waals surface area contributed by atoms with Gasteiger partial charge in [0.15, 0.2) is 0 Å². The molecule has 126 valence electrons. The molecule has 2 rings (SSSR count). The molecular formula is C17H17BrFN3O2. The average molecular weight is 394 g/mol. The highest BCUT2D eigenvalue weighted by molar-refractivity contribution is 9.10. The summed E-state index contributed by atoms with van der Waals surface area (Å²) >= 11 is 3.29. The molecule has 0 atom stereocenters. The van der Waals surface area contributed by atoms with Crippen molar-refractivity contribution in [3.05, 3.63) is 69.4 Å². The first-order valence-electron chi connectivity index (χ1n) is 7.18. The second-order valence-electron chi connectivity index (χ2n) is 5.31. The molecule has 0 saturated heterocycles. The predicted molar refractivity (Wildman–Crippen MR) is 92.8 cm³/mol. The van der Waals surface area contributed by atoms with Gasteiger partial charge in [-0.15, -0.1) is 0 Å². The van der Waals surface area contributed by atoms with Crippen molar-refractivity contribution >= 4 is 27.9 Å². The van der Waals surface area contributed by atoms with Gasteiger partial charge in [0.05, 0.1) is 0 Å². The quantitative estimate of drug-likeness (QED) is 0.818. The second kappa shape index (κ2) is 7.92. The number of amides is 3. The molecule has 7 heteroatoms. The first-order chi connectivity index (χ1) is 11.4. The number of primary amides is 1. The molecule has 3 amide bonds. The van der Waals surface area contributed by atoms with Crippen molar-refractivity contribution in [2.24, 2.45) is 5.73 Å². The fourth-order valence-corrected chi connectivity index (χ4v) is 2.58. The fraction of sp³-hybridized carbons (Fsp3) is 0.176. The van der Waals surface area contributed by atoms with E-state index in [4.69, 9.17) is 5.73 Å². The molecule has 0 aliphatic rings. The van der Waals surface area contributed by atoms with E-state index in [1.807, 2.05) is 0 Å². The highest BCUT2D eigenvalue weighted by Crippen LogP contribution is 2.18. The number of nitrogens with one attached hydrogen (secondary N) is 1. The van der Waals surface area contributed by atoms with Gasteiger partial charge in [-0.25, -0.2) is 9.18 Å². The SMILES string of the molecule is CN(Cc1cc(Br)ccc1F)C(=O)c1ccc(CNC(N)=O)cc1. The van der Waals surface area contributed by atoms with Crippen molar-refractivity contribution in [2.45, 2.75) is 13.1 Å². The molecule has 0 radical (unpaired) electrons. The zero-order chi connectivity index (χ0) is 17.7. The summed E-state index contributed by atoms with van der Waals surface area (Å²) in [6.45, 7) is 0.456. The molecule has 0 aliphatic carbocycles. The number of benzene rings is 2. The summed E-state index contributed by atoms with van der Waals surface area (Å²) in [7, 11) is 1.62. The molecule has 0 unspecified atom stereocenters. The van der Waals surface area contributed by atoms with E-state index >= 15 is 0 Å². The van der Waals surface area contributed by atoms with Gasteiger partial charge >= 0.3 is 6.03 Å². The lowest BCUT2D eigenvalue weighted by atomic mass is 10.1. The average Bonchev–Trinajstić information content (AvgIpc) is 2.56. The Hall–Kier alpha value is -2.41. The summed E-state index contributed by atoms with van der Waals surface area (Å²) in [5, 5.41) is 2.47. The van der Waals surface area contributed by atoms with Crippen LogP contribution in [0.3, 0.4) is 0 Å². The van der Waals surface area contributed by atoms with Crippen molar-refractivity contribution < 1.29 is 14.0 Å². The summed E-state index contributed by atoms with van der Waals surface area (Å²) in [6, 6.07) is 10.8. The number of carbonyl (C=O) groups excluding carboxylic acids is 2. The maximum atomic E-state index is 13.8. The fourth-order valence-electron chi connectivity index (χ4n) is 2.17. The Morgan fingerprint density at radius 2 is 1.88 bits per heavy atom. The second-order valence-corrected chi connectivity index (χ2v) is 6.23. The van der Waals surface area contributed by atoms with Crippen LogP contribution in [0.5, 0.6) is 0 Å². The van der Waals surface area contributed by atoms with Crippen LogP contribution in [0.15, 0.2) is 46.9 Å². The summed E-state index contributed by atoms with van der Waals surface area (Å²) in [6.07, 6.45) is 0. The van der Waals surface area contributed by atoms with Crippen LogP contribution in [0.1, 0.15) is 21.5 Å². The number of carbonyl (C=O) groups is 2. The molecule has 2 aromatic rings. The van der Waals surface area contributed by atoms with Crippen LogP contribution < -0.4 is 11.1 Å². The molecule has 2 aromatic carbocycles. The maximum Gasteiger partial charge on any atom is 0.312 e. The third-order valence-electron chi connectivity index (χ3n) is 3.43. The molecular weight excluding hydrogens is 377 g/mol. The lowest BCUT2D eigenvalue weighted by Gasteiger charge is -2.18. The smallest absolute Gasteiger partial charge is 0.312 e. The van der Waals surface area contributed by atoms with Gasteiger partial charge < -0.3 is 16.0 Å². The summed E-state index contributed by atoms with van der Waals surface area (Å²) in [4.78, 5) is 24.5. The minimum atomic E-state index is -0.606. The molecule has 0 spiro atoms. The molecule has 0 heterocycles. The number of nitrogens with zero attached hydrogens (tertiary/aromatic N) is 1. The van der Waals surface area contributed by atoms with Crippen molar-refractivity contribution in [1.82, 2.24) is 10.2 Å². The Morgan fingerprint density at radius 1 is 1.21 bits per heavy atom. The third kappa shape index (κ3) is 4.79. The number of hydrogen-bond acceptors (Lipinski definition) is 2. The van der Waals surface area contributed by atoms with E-state index in [-0.39, 0.29) is 18.3 Å². The summed E-state index contributed by atoms with van der Waals surface area (Å²) < 4.78 is 14.6. The van der Waals surface area contributed by atoms with Crippen LogP contribution in [0.4, 0.5) is 9.18 Å². The topological polar surface area (TPSA) is 75.4 Å². The molecule has 0 saturated carbocycles. The predicted octanol–water partition coefficient (Wildman–Crippen LogP) is 3.03. The monoisotopic (exact) mass is 393 g/mol. The van der Waals surface area contributed by atoms with E-state index in [1.165, 1.54) is 11.0 Å². The minimum Gasteiger partial charge on any atom is -0.352 e. The Balaban J connectivity index is 2.04. The lowest BCUT2D eigenvalue weighted by Crippen LogP contribution is -2.28. The number of hydrogen-bond donors (Lipinski definition) is 2. The highest BCUT2D eigenvalue weighted by Gasteiger charge is 2.14. The summed E-state index contributed by atoms with van der Waals surface area (Å²) in [5.41, 5.74) is 6.75. The van der Waals surface area contributed by atoms with E-state index in [1.54, 1.807) is 43.4 Å². The van der Waals surface area contributed by atoms with Gasteiger partial charge in [0.25, 0.3) is 5.91 Å². The molecule has 3 N–H and O–H groups in total. The van der Waals surface area contributed by atoms with Gasteiger partial charge in [-0.3, -0.25) is 4.79 Å². The van der Waals surface area contributed by atoms with Crippen LogP contribution in [-0.2, 0) is 13.1 Å². The Kier molecular flexibility index (Phi) is 5.92. The van der Waals surface area contributed by atoms with E-state index in [0.29, 0.717) is 17.7 Å². The molecule has 0 aliphatic heterocycles. The van der Waals surface area contributed by atoms with E-state index in [9.17, 15) is 14.0 Å². The van der Waals surface area contributed by atoms with Gasteiger partial charge in [0, 0.05) is 35.7 Å². The Bertz CT molecular complexity index is 750. The molecule has 24 heavy (non-hydrogen) atoms. The number of urea groups is 1. The van der Waals surface area contributed by atoms with E-state index in [2.05, 4.69) is 21.2 Å². The zero-order valence-corrected chi connectivity index (χ0v) is 14.6. The number of halogens is 2. The zero-order valence-electron chi connectivity index (χ0n) is 13.1. The Labute approximate surface area is 147 Å². The van der Waals surface area contributed by atoms with Gasteiger partial charge in [0.1, 0.15) is 5.82 Å². The molecule has 5 nitrogen and oxygen atoms in total. The van der Waals surface area contributed by atoms with Gasteiger partial charge in [-0.1, -0.05) is 28.1 Å². The van der Waals surface area contributed by atoms with Gasteiger partial charge in [-0.2, -0.15) is 0 Å². The first kappa shape index (κ1) is 17.9. The standard InChI is InChI=1S/C17H17BrFN3O2/c1-22(10-13-8-14(18)6-7-15(13)19)16(23)12-4-2-11(3-5-12)9-21-17(20)24/h2-8H,9-10H2,1H3,(H3,20,21,24). The third-order valence-corrected chi connectivity index (χ3v) is 3.92. The van der Waals surface area contributed by atoms with Gasteiger partial charge in [0.2, 0.25) is 0 Å². The maximum absolute atomic E-state index is 13.8. The van der Waals surface area contributed by atoms with Crippen molar-refractivity contribution in [1.29, 1.82) is 0 Å². The van der Waals surface area contributed by atoms with Crippen molar-refractivity contribution in [3.8, 4) is 0 Å². The van der Waals surface area contributed by atoms with Crippen LogP contribution in [0.2, 0.25) is 0 Å². The van der Waals surface area contributed by atoms with Crippen LogP contribution in [-0.4, -0.2) is 23.9 Å². The largest absolute Gasteiger partial charge is 0.352 e. The lowest BCUT2D eigenvalue weighted by molar-refractivity contribution is 0.0784. The normalized spacial score (nSPS) is 10.3. The molecule has 0 bridgehead atoms. The van der Waals surface area contributed by atoms with Crippen molar-refractivity contribution in [2.75, 3.05) is 7.05 Å². The minimum absolute atomic E-state index is 0.162. The van der Waals surface area contributed by atoms with Crippen LogP contribution >= 0.6 is 15.9 Å². The number of nitrogens with two attached hydrogens (primary N) is 1. The van der Waals surface area contributed by atoms with Crippen LogP contribution in [0.25, 0.3) is 0 Å². The number of rotatable bonds is 5. The Morgan fingerprint density at radius 3 is 2.50 bits per heavy atom. The molecule has 0 aromatic heterocycles. The van der Waals surface area contributed by atoms with Gasteiger partial charge in [-0.05, 0) is 35.9 Å². The van der Waals surface area contributed by atoms with E-state index in [0.717, 1.165) is 10.0 Å². The molecule has 0 fully saturated rings. The first-order valence-corrected chi connectivity index (χ1v) is 7.97. The van der Waals surface area contributed by atoms with Crippen LogP contribution in [0, 0.1) is 5.82 Å². The van der Waals surface area contributed by atoms with E-state index < -0.39 is 6.03 Å². The summed E-state index contributed by atoms with van der Waals surface area (Å²) in [5.74, 6) is -0.575. The van der Waals surface area contributed by atoms with Crippen molar-refractivity contribution in [3.63, 3.8) is 0 Å².